The molecule has 1 amide bonds. The molecule has 1 N–H and O–H groups in total. The molecular formula is C20H23N3O2S2. The largest absolute Gasteiger partial charge is 0.448 e. The van der Waals surface area contributed by atoms with Crippen molar-refractivity contribution in [1.82, 2.24) is 10.4 Å². The highest BCUT2D eigenvalue weighted by atomic mass is 32.2. The zero-order valence-corrected chi connectivity index (χ0v) is 16.9. The molecule has 2 aromatic heterocycles. The molecule has 0 aliphatic rings. The molecule has 3 rings (SSSR count). The monoisotopic (exact) mass is 401 g/mol. The molecule has 1 aromatic carbocycles. The van der Waals surface area contributed by atoms with Crippen molar-refractivity contribution in [3.8, 4) is 0 Å². The molecule has 0 atom stereocenters. The number of nitrogens with one attached hydrogen (secondary N) is 1. The minimum Gasteiger partial charge on any atom is -0.448 e. The van der Waals surface area contributed by atoms with Gasteiger partial charge >= 0.3 is 0 Å². The number of hydrazone groups is 1. The minimum atomic E-state index is -0.0571. The lowest BCUT2D eigenvalue weighted by Gasteiger charge is -1.99. The van der Waals surface area contributed by atoms with E-state index in [0.29, 0.717) is 12.2 Å². The molecule has 2 heterocycles. The maximum Gasteiger partial charge on any atom is 0.240 e. The van der Waals surface area contributed by atoms with E-state index in [4.69, 9.17) is 4.42 Å². The first kappa shape index (κ1) is 19.6. The third-order valence-electron chi connectivity index (χ3n) is 3.95. The summed E-state index contributed by atoms with van der Waals surface area (Å²) in [5.74, 6) is 0.542. The fourth-order valence-electron chi connectivity index (χ4n) is 2.55. The van der Waals surface area contributed by atoms with Crippen molar-refractivity contribution < 1.29 is 9.21 Å². The third-order valence-corrected chi connectivity index (χ3v) is 5.97. The Bertz CT molecular complexity index is 868. The Morgan fingerprint density at radius 3 is 2.93 bits per heavy atom. The predicted octanol–water partition coefficient (Wildman–Crippen LogP) is 5.85. The Balaban J connectivity index is 1.44. The molecule has 0 aliphatic carbocycles. The van der Waals surface area contributed by atoms with Crippen LogP contribution in [0.3, 0.4) is 0 Å². The van der Waals surface area contributed by atoms with Gasteiger partial charge in [-0.25, -0.2) is 10.4 Å². The van der Waals surface area contributed by atoms with Crippen LogP contribution in [-0.2, 0) is 4.79 Å². The molecule has 0 fully saturated rings. The first-order valence-corrected chi connectivity index (χ1v) is 10.8. The number of benzene rings is 1. The van der Waals surface area contributed by atoms with Crippen LogP contribution in [0.1, 0.15) is 51.2 Å². The van der Waals surface area contributed by atoms with Crippen LogP contribution in [0.15, 0.2) is 55.3 Å². The van der Waals surface area contributed by atoms with E-state index < -0.39 is 0 Å². The Kier molecular flexibility index (Phi) is 7.47. The number of amides is 1. The Morgan fingerprint density at radius 2 is 2.07 bits per heavy atom. The number of unbranched alkanes of at least 4 members (excludes halogenated alkanes) is 4. The number of aromatic nitrogens is 1. The van der Waals surface area contributed by atoms with Crippen molar-refractivity contribution in [2.24, 2.45) is 5.10 Å². The topological polar surface area (TPSA) is 67.5 Å². The van der Waals surface area contributed by atoms with Gasteiger partial charge in [-0.3, -0.25) is 4.79 Å². The van der Waals surface area contributed by atoms with Crippen LogP contribution in [0.4, 0.5) is 0 Å². The Labute approximate surface area is 167 Å². The molecule has 0 saturated carbocycles. The molecule has 0 radical (unpaired) electrons. The van der Waals surface area contributed by atoms with E-state index in [1.807, 2.05) is 30.3 Å². The highest BCUT2D eigenvalue weighted by molar-refractivity contribution is 8.01. The maximum atomic E-state index is 11.7. The Morgan fingerprint density at radius 1 is 1.22 bits per heavy atom. The highest BCUT2D eigenvalue weighted by Gasteiger charge is 2.08. The summed E-state index contributed by atoms with van der Waals surface area (Å²) in [5.41, 5.74) is 3.55. The number of fused-ring (bicyclic) bond motifs is 1. The van der Waals surface area contributed by atoms with Crippen molar-refractivity contribution in [2.75, 3.05) is 0 Å². The van der Waals surface area contributed by atoms with E-state index in [1.54, 1.807) is 11.3 Å². The van der Waals surface area contributed by atoms with E-state index in [-0.39, 0.29) is 5.91 Å². The average molecular weight is 402 g/mol. The van der Waals surface area contributed by atoms with Gasteiger partial charge in [0.1, 0.15) is 5.76 Å². The smallest absolute Gasteiger partial charge is 0.240 e. The van der Waals surface area contributed by atoms with Gasteiger partial charge in [-0.2, -0.15) is 5.10 Å². The van der Waals surface area contributed by atoms with Crippen molar-refractivity contribution in [2.45, 2.75) is 54.9 Å². The SMILES string of the molecule is CCCCCCCC(=O)N/N=C/c1ccc(Sc2nc3ccccc3s2)o1. The second-order valence-corrected chi connectivity index (χ2v) is 8.45. The molecule has 5 nitrogen and oxygen atoms in total. The number of carbonyl (C=O) groups is 1. The quantitative estimate of drug-likeness (QED) is 0.263. The number of furan rings is 1. The summed E-state index contributed by atoms with van der Waals surface area (Å²) in [6, 6.07) is 11.8. The summed E-state index contributed by atoms with van der Waals surface area (Å²) >= 11 is 3.12. The molecule has 3 aromatic rings. The number of carbonyl (C=O) groups excluding carboxylic acids is 1. The van der Waals surface area contributed by atoms with E-state index in [0.717, 1.165) is 32.5 Å². The minimum absolute atomic E-state index is 0.0571. The van der Waals surface area contributed by atoms with Gasteiger partial charge in [0.2, 0.25) is 5.91 Å². The summed E-state index contributed by atoms with van der Waals surface area (Å²) in [6.45, 7) is 2.18. The number of para-hydroxylation sites is 1. The predicted molar refractivity (Wildman–Crippen MR) is 112 cm³/mol. The molecule has 0 bridgehead atoms. The van der Waals surface area contributed by atoms with Gasteiger partial charge in [0.25, 0.3) is 0 Å². The molecule has 0 unspecified atom stereocenters. The number of hydrogen-bond acceptors (Lipinski definition) is 6. The van der Waals surface area contributed by atoms with Gasteiger partial charge in [0.05, 0.1) is 16.4 Å². The van der Waals surface area contributed by atoms with Gasteiger partial charge in [-0.05, 0) is 42.4 Å². The third kappa shape index (κ3) is 6.22. The van der Waals surface area contributed by atoms with Crippen molar-refractivity contribution in [3.63, 3.8) is 0 Å². The molecule has 7 heteroatoms. The average Bonchev–Trinajstić information content (AvgIpc) is 3.28. The normalized spacial score (nSPS) is 11.4. The first-order valence-electron chi connectivity index (χ1n) is 9.20. The van der Waals surface area contributed by atoms with Crippen LogP contribution >= 0.6 is 23.1 Å². The van der Waals surface area contributed by atoms with Gasteiger partial charge in [0, 0.05) is 6.42 Å². The van der Waals surface area contributed by atoms with Crippen LogP contribution in [0.25, 0.3) is 10.2 Å². The van der Waals surface area contributed by atoms with E-state index >= 15 is 0 Å². The summed E-state index contributed by atoms with van der Waals surface area (Å²) in [7, 11) is 0. The zero-order chi connectivity index (χ0) is 18.9. The van der Waals surface area contributed by atoms with Gasteiger partial charge in [-0.1, -0.05) is 44.7 Å². The molecule has 142 valence electrons. The van der Waals surface area contributed by atoms with Crippen LogP contribution < -0.4 is 5.43 Å². The number of nitrogens with zero attached hydrogens (tertiary/aromatic N) is 2. The molecule has 0 saturated heterocycles. The van der Waals surface area contributed by atoms with Gasteiger partial charge in [-0.15, -0.1) is 11.3 Å². The number of rotatable bonds is 10. The highest BCUT2D eigenvalue weighted by Crippen LogP contribution is 2.34. The van der Waals surface area contributed by atoms with Crippen molar-refractivity contribution in [3.05, 3.63) is 42.2 Å². The van der Waals surface area contributed by atoms with Crippen molar-refractivity contribution in [1.29, 1.82) is 0 Å². The summed E-state index contributed by atoms with van der Waals surface area (Å²) < 4.78 is 7.81. The summed E-state index contributed by atoms with van der Waals surface area (Å²) in [6.07, 6.45) is 7.67. The second kappa shape index (κ2) is 10.3. The zero-order valence-electron chi connectivity index (χ0n) is 15.3. The molecular weight excluding hydrogens is 378 g/mol. The lowest BCUT2D eigenvalue weighted by molar-refractivity contribution is -0.121. The van der Waals surface area contributed by atoms with Crippen LogP contribution in [0, 0.1) is 0 Å². The fraction of sp³-hybridized carbons (Fsp3) is 0.350. The first-order chi connectivity index (χ1) is 13.2. The lowest BCUT2D eigenvalue weighted by atomic mass is 10.1. The Hall–Kier alpha value is -2.12. The summed E-state index contributed by atoms with van der Waals surface area (Å²) in [4.78, 5) is 16.3. The number of thiazole rings is 1. The van der Waals surface area contributed by atoms with Gasteiger partial charge < -0.3 is 4.42 Å². The van der Waals surface area contributed by atoms with E-state index in [2.05, 4.69) is 28.5 Å². The van der Waals surface area contributed by atoms with Crippen LogP contribution in [-0.4, -0.2) is 17.1 Å². The number of hydrogen-bond donors (Lipinski definition) is 1. The van der Waals surface area contributed by atoms with E-state index in [9.17, 15) is 4.79 Å². The lowest BCUT2D eigenvalue weighted by Crippen LogP contribution is -2.16. The van der Waals surface area contributed by atoms with Crippen LogP contribution in [0.5, 0.6) is 0 Å². The molecule has 0 aliphatic heterocycles. The standard InChI is InChI=1S/C20H23N3O2S2/c1-2-3-4-5-6-11-18(24)23-21-14-15-12-13-19(25-15)27-20-22-16-9-7-8-10-17(16)26-20/h7-10,12-14H,2-6,11H2,1H3,(H,23,24)/b21-14+. The molecule has 0 spiro atoms. The van der Waals surface area contributed by atoms with E-state index in [1.165, 1.54) is 37.2 Å². The van der Waals surface area contributed by atoms with Crippen molar-refractivity contribution >= 4 is 45.4 Å². The second-order valence-electron chi connectivity index (χ2n) is 6.16. The fourth-order valence-corrected chi connectivity index (χ4v) is 4.52. The summed E-state index contributed by atoms with van der Waals surface area (Å²) in [5, 5.41) is 4.72. The van der Waals surface area contributed by atoms with Crippen LogP contribution in [0.2, 0.25) is 0 Å². The van der Waals surface area contributed by atoms with Gasteiger partial charge in [0.15, 0.2) is 9.43 Å². The molecule has 27 heavy (non-hydrogen) atoms. The maximum absolute atomic E-state index is 11.7.